The molecule has 128 valence electrons. The molecular formula is C17H28N4OS. The summed E-state index contributed by atoms with van der Waals surface area (Å²) in [5.41, 5.74) is 1.19. The van der Waals surface area contributed by atoms with Gasteiger partial charge in [-0.3, -0.25) is 14.6 Å². The summed E-state index contributed by atoms with van der Waals surface area (Å²) in [5.74, 6) is 0.898. The van der Waals surface area contributed by atoms with Crippen molar-refractivity contribution in [2.45, 2.75) is 40.3 Å². The average molecular weight is 337 g/mol. The van der Waals surface area contributed by atoms with Crippen LogP contribution in [0.4, 0.5) is 0 Å². The second-order valence-electron chi connectivity index (χ2n) is 7.02. The van der Waals surface area contributed by atoms with Crippen LogP contribution in [0, 0.1) is 19.8 Å². The third-order valence-electron chi connectivity index (χ3n) is 5.24. The summed E-state index contributed by atoms with van der Waals surface area (Å²) < 4.78 is 0. The molecule has 2 aliphatic rings. The lowest BCUT2D eigenvalue weighted by atomic mass is 10.0. The molecule has 2 atom stereocenters. The van der Waals surface area contributed by atoms with Crippen molar-refractivity contribution in [2.24, 2.45) is 5.92 Å². The van der Waals surface area contributed by atoms with Gasteiger partial charge in [0.05, 0.1) is 10.7 Å². The van der Waals surface area contributed by atoms with E-state index < -0.39 is 0 Å². The van der Waals surface area contributed by atoms with Gasteiger partial charge in [-0.05, 0) is 19.8 Å². The molecule has 6 heteroatoms. The Bertz CT molecular complexity index is 565. The van der Waals surface area contributed by atoms with Gasteiger partial charge in [-0.15, -0.1) is 11.3 Å². The Morgan fingerprint density at radius 3 is 2.48 bits per heavy atom. The van der Waals surface area contributed by atoms with Crippen LogP contribution in [-0.2, 0) is 11.3 Å². The fraction of sp³-hybridized carbons (Fsp3) is 0.765. The molecule has 0 radical (unpaired) electrons. The average Bonchev–Trinajstić information content (AvgIpc) is 3.01. The first-order chi connectivity index (χ1) is 10.9. The van der Waals surface area contributed by atoms with Crippen LogP contribution in [0.1, 0.15) is 29.4 Å². The lowest BCUT2D eigenvalue weighted by Crippen LogP contribution is -2.53. The monoisotopic (exact) mass is 336 g/mol. The maximum atomic E-state index is 11.5. The molecule has 1 aromatic heterocycles. The molecule has 23 heavy (non-hydrogen) atoms. The van der Waals surface area contributed by atoms with Crippen LogP contribution in [0.25, 0.3) is 0 Å². The van der Waals surface area contributed by atoms with E-state index in [1.165, 1.54) is 15.6 Å². The molecule has 0 bridgehead atoms. The Morgan fingerprint density at radius 1 is 1.22 bits per heavy atom. The molecule has 2 fully saturated rings. The van der Waals surface area contributed by atoms with Gasteiger partial charge in [0.25, 0.3) is 0 Å². The Labute approximate surface area is 143 Å². The number of carbonyl (C=O) groups is 1. The van der Waals surface area contributed by atoms with E-state index in [-0.39, 0.29) is 5.91 Å². The van der Waals surface area contributed by atoms with Crippen LogP contribution < -0.4 is 0 Å². The molecule has 3 heterocycles. The second kappa shape index (κ2) is 6.87. The van der Waals surface area contributed by atoms with Gasteiger partial charge in [-0.25, -0.2) is 4.98 Å². The highest BCUT2D eigenvalue weighted by Gasteiger charge is 2.35. The molecule has 1 amide bonds. The molecule has 5 nitrogen and oxygen atoms in total. The molecule has 2 saturated heterocycles. The van der Waals surface area contributed by atoms with E-state index in [4.69, 9.17) is 0 Å². The fourth-order valence-corrected chi connectivity index (χ4v) is 4.92. The van der Waals surface area contributed by atoms with Gasteiger partial charge in [0.1, 0.15) is 0 Å². The van der Waals surface area contributed by atoms with Crippen molar-refractivity contribution in [1.29, 1.82) is 0 Å². The van der Waals surface area contributed by atoms with E-state index in [1.807, 2.05) is 16.2 Å². The zero-order chi connectivity index (χ0) is 16.6. The normalized spacial score (nSPS) is 26.9. The third kappa shape index (κ3) is 3.75. The first-order valence-corrected chi connectivity index (χ1v) is 9.40. The van der Waals surface area contributed by atoms with Crippen molar-refractivity contribution in [3.05, 3.63) is 15.6 Å². The van der Waals surface area contributed by atoms with Crippen LogP contribution in [0.15, 0.2) is 0 Å². The molecular weight excluding hydrogens is 308 g/mol. The van der Waals surface area contributed by atoms with Crippen LogP contribution in [0.2, 0.25) is 0 Å². The minimum absolute atomic E-state index is 0.210. The van der Waals surface area contributed by atoms with Crippen molar-refractivity contribution >= 4 is 17.2 Å². The van der Waals surface area contributed by atoms with Gasteiger partial charge in [0.2, 0.25) is 5.91 Å². The molecule has 2 aliphatic heterocycles. The molecule has 2 unspecified atom stereocenters. The molecule has 0 spiro atoms. The summed E-state index contributed by atoms with van der Waals surface area (Å²) in [4.78, 5) is 24.6. The molecule has 0 aliphatic carbocycles. The number of amides is 1. The first-order valence-electron chi connectivity index (χ1n) is 8.59. The molecule has 3 rings (SSSR count). The van der Waals surface area contributed by atoms with Crippen molar-refractivity contribution in [3.8, 4) is 0 Å². The largest absolute Gasteiger partial charge is 0.340 e. The third-order valence-corrected chi connectivity index (χ3v) is 6.30. The van der Waals surface area contributed by atoms with Gasteiger partial charge in [-0.1, -0.05) is 6.92 Å². The number of piperazine rings is 1. The number of rotatable bonds is 3. The molecule has 0 N–H and O–H groups in total. The maximum Gasteiger partial charge on any atom is 0.219 e. The van der Waals surface area contributed by atoms with Crippen molar-refractivity contribution in [3.63, 3.8) is 0 Å². The lowest BCUT2D eigenvalue weighted by molar-refractivity contribution is -0.130. The van der Waals surface area contributed by atoms with Gasteiger partial charge in [0.15, 0.2) is 0 Å². The van der Waals surface area contributed by atoms with Gasteiger partial charge in [-0.2, -0.15) is 0 Å². The Balaban J connectivity index is 1.56. The van der Waals surface area contributed by atoms with Crippen LogP contribution in [0.3, 0.4) is 0 Å². The topological polar surface area (TPSA) is 39.7 Å². The standard InChI is InChI=1S/C17H28N4OS/c1-12-9-19(11-17-13(2)18-14(3)23-17)10-16(12)21-7-5-20(6-8-21)15(4)22/h12,16H,5-11H2,1-4H3. The molecule has 0 aromatic carbocycles. The smallest absolute Gasteiger partial charge is 0.219 e. The van der Waals surface area contributed by atoms with Crippen LogP contribution in [-0.4, -0.2) is 70.9 Å². The van der Waals surface area contributed by atoms with E-state index >= 15 is 0 Å². The SMILES string of the molecule is CC(=O)N1CCN(C2CN(Cc3sc(C)nc3C)CC2C)CC1. The van der Waals surface area contributed by atoms with E-state index in [1.54, 1.807) is 6.92 Å². The highest BCUT2D eigenvalue weighted by Crippen LogP contribution is 2.27. The minimum Gasteiger partial charge on any atom is -0.340 e. The lowest BCUT2D eigenvalue weighted by Gasteiger charge is -2.39. The quantitative estimate of drug-likeness (QED) is 0.843. The van der Waals surface area contributed by atoms with Crippen LogP contribution >= 0.6 is 11.3 Å². The maximum absolute atomic E-state index is 11.5. The zero-order valence-corrected chi connectivity index (χ0v) is 15.5. The predicted octanol–water partition coefficient (Wildman–Crippen LogP) is 1.74. The van der Waals surface area contributed by atoms with Crippen LogP contribution in [0.5, 0.6) is 0 Å². The molecule has 0 saturated carbocycles. The number of nitrogens with zero attached hydrogens (tertiary/aromatic N) is 4. The predicted molar refractivity (Wildman–Crippen MR) is 93.6 cm³/mol. The van der Waals surface area contributed by atoms with E-state index in [2.05, 4.69) is 35.6 Å². The second-order valence-corrected chi connectivity index (χ2v) is 8.31. The molecule has 1 aromatic rings. The van der Waals surface area contributed by atoms with E-state index in [0.717, 1.165) is 45.8 Å². The summed E-state index contributed by atoms with van der Waals surface area (Å²) in [7, 11) is 0. The summed E-state index contributed by atoms with van der Waals surface area (Å²) in [6.45, 7) is 15.4. The first kappa shape index (κ1) is 16.9. The highest BCUT2D eigenvalue weighted by molar-refractivity contribution is 7.11. The van der Waals surface area contributed by atoms with Crippen molar-refractivity contribution in [1.82, 2.24) is 19.7 Å². The Morgan fingerprint density at radius 2 is 1.91 bits per heavy atom. The number of thiazole rings is 1. The van der Waals surface area contributed by atoms with E-state index in [9.17, 15) is 4.79 Å². The highest BCUT2D eigenvalue weighted by atomic mass is 32.1. The summed E-state index contributed by atoms with van der Waals surface area (Å²) >= 11 is 1.83. The van der Waals surface area contributed by atoms with Gasteiger partial charge < -0.3 is 4.90 Å². The van der Waals surface area contributed by atoms with E-state index in [0.29, 0.717) is 12.0 Å². The number of carbonyl (C=O) groups excluding carboxylic acids is 1. The van der Waals surface area contributed by atoms with Crippen molar-refractivity contribution < 1.29 is 4.79 Å². The minimum atomic E-state index is 0.210. The Kier molecular flexibility index (Phi) is 5.04. The van der Waals surface area contributed by atoms with Crippen molar-refractivity contribution in [2.75, 3.05) is 39.3 Å². The number of hydrogen-bond donors (Lipinski definition) is 0. The number of likely N-dealkylation sites (tertiary alicyclic amines) is 1. The summed E-state index contributed by atoms with van der Waals surface area (Å²) in [6.07, 6.45) is 0. The fourth-order valence-electron chi connectivity index (χ4n) is 3.94. The van der Waals surface area contributed by atoms with Gasteiger partial charge in [0, 0.05) is 63.7 Å². The Hall–Kier alpha value is -0.980. The summed E-state index contributed by atoms with van der Waals surface area (Å²) in [5, 5.41) is 1.17. The number of aryl methyl sites for hydroxylation is 2. The number of hydrogen-bond acceptors (Lipinski definition) is 5. The number of aromatic nitrogens is 1. The summed E-state index contributed by atoms with van der Waals surface area (Å²) in [6, 6.07) is 0.624. The zero-order valence-electron chi connectivity index (χ0n) is 14.7. The van der Waals surface area contributed by atoms with Gasteiger partial charge >= 0.3 is 0 Å².